The Hall–Kier alpha value is -3.86. The van der Waals surface area contributed by atoms with Crippen molar-refractivity contribution in [3.63, 3.8) is 0 Å². The largest absolute Gasteiger partial charge is 0.455 e. The number of rotatable bonds is 6. The predicted molar refractivity (Wildman–Crippen MR) is 157 cm³/mol. The van der Waals surface area contributed by atoms with E-state index in [1.807, 2.05) is 33.1 Å². The van der Waals surface area contributed by atoms with Crippen LogP contribution in [0.2, 0.25) is 0 Å². The van der Waals surface area contributed by atoms with Crippen LogP contribution in [0.25, 0.3) is 11.2 Å². The molecule has 0 radical (unpaired) electrons. The fourth-order valence-electron chi connectivity index (χ4n) is 4.12. The van der Waals surface area contributed by atoms with Gasteiger partial charge in [-0.05, 0) is 43.4 Å². The number of ether oxygens (including phenoxy) is 1. The minimum atomic E-state index is -0.403. The summed E-state index contributed by atoms with van der Waals surface area (Å²) >= 11 is 1.47. The van der Waals surface area contributed by atoms with E-state index in [9.17, 15) is 9.59 Å². The number of aromatic nitrogens is 3. The number of nitrogens with zero attached hydrogens (tertiary/aromatic N) is 3. The van der Waals surface area contributed by atoms with Gasteiger partial charge in [-0.1, -0.05) is 40.0 Å². The number of thioether (sulfide) groups is 1. The quantitative estimate of drug-likeness (QED) is 0.178. The Balaban J connectivity index is 1.51. The van der Waals surface area contributed by atoms with Gasteiger partial charge in [-0.25, -0.2) is 14.8 Å². The van der Waals surface area contributed by atoms with Crippen molar-refractivity contribution < 1.29 is 9.53 Å². The number of carbonyl (C=O) groups excluding carboxylic acids is 1. The van der Waals surface area contributed by atoms with Crippen LogP contribution in [0.4, 0.5) is 10.5 Å². The minimum Gasteiger partial charge on any atom is -0.455 e. The van der Waals surface area contributed by atoms with Gasteiger partial charge in [0.05, 0.1) is 17.9 Å². The van der Waals surface area contributed by atoms with Gasteiger partial charge in [0, 0.05) is 28.3 Å². The van der Waals surface area contributed by atoms with E-state index in [0.717, 1.165) is 30.6 Å². The van der Waals surface area contributed by atoms with Crippen molar-refractivity contribution in [3.8, 4) is 11.5 Å². The summed E-state index contributed by atoms with van der Waals surface area (Å²) in [5.74, 6) is 1.47. The molecule has 2 heterocycles. The summed E-state index contributed by atoms with van der Waals surface area (Å²) in [5, 5.41) is 5.83. The zero-order valence-corrected chi connectivity index (χ0v) is 23.5. The van der Waals surface area contributed by atoms with Gasteiger partial charge in [0.15, 0.2) is 11.4 Å². The highest BCUT2D eigenvalue weighted by molar-refractivity contribution is 7.98. The van der Waals surface area contributed by atoms with Crippen molar-refractivity contribution in [1.29, 1.82) is 0 Å². The lowest BCUT2D eigenvalue weighted by Gasteiger charge is -2.22. The average Bonchev–Trinajstić information content (AvgIpc) is 2.89. The molecular weight excluding hydrogens is 514 g/mol. The number of aliphatic imine (C=N–C) groups is 1. The van der Waals surface area contributed by atoms with Crippen molar-refractivity contribution in [2.45, 2.75) is 63.8 Å². The van der Waals surface area contributed by atoms with E-state index in [4.69, 9.17) is 15.5 Å². The maximum Gasteiger partial charge on any atom is 0.324 e. The molecule has 0 aliphatic heterocycles. The van der Waals surface area contributed by atoms with E-state index in [1.54, 1.807) is 30.5 Å². The number of H-pyrrole nitrogens is 1. The molecule has 3 aromatic rings. The molecule has 11 heteroatoms. The first-order valence-electron chi connectivity index (χ1n) is 13.0. The molecule has 0 saturated heterocycles. The number of benzene rings is 1. The van der Waals surface area contributed by atoms with Crippen molar-refractivity contribution in [2.75, 3.05) is 11.6 Å². The second-order valence-electron chi connectivity index (χ2n) is 10.5. The third-order valence-corrected chi connectivity index (χ3v) is 7.16. The topological polar surface area (TPSA) is 147 Å². The number of aromatic amines is 1. The number of anilines is 1. The summed E-state index contributed by atoms with van der Waals surface area (Å²) in [6.45, 7) is 6.07. The van der Waals surface area contributed by atoms with Crippen molar-refractivity contribution in [1.82, 2.24) is 20.3 Å². The van der Waals surface area contributed by atoms with E-state index in [-0.39, 0.29) is 17.0 Å². The fourth-order valence-corrected chi connectivity index (χ4v) is 4.69. The van der Waals surface area contributed by atoms with E-state index in [1.165, 1.54) is 24.4 Å². The van der Waals surface area contributed by atoms with E-state index < -0.39 is 6.03 Å². The summed E-state index contributed by atoms with van der Waals surface area (Å²) in [6, 6.07) is 6.80. The van der Waals surface area contributed by atoms with Crippen LogP contribution in [0.15, 0.2) is 63.1 Å². The molecule has 5 N–H and O–H groups in total. The number of amidine groups is 1. The molecule has 2 amide bonds. The second kappa shape index (κ2) is 12.3. The first-order valence-corrected chi connectivity index (χ1v) is 14.2. The van der Waals surface area contributed by atoms with Gasteiger partial charge < -0.3 is 20.8 Å². The Morgan fingerprint density at radius 3 is 2.69 bits per heavy atom. The van der Waals surface area contributed by atoms with Crippen LogP contribution in [-0.2, 0) is 0 Å². The van der Waals surface area contributed by atoms with Crippen molar-refractivity contribution in [3.05, 3.63) is 58.8 Å². The molecule has 0 bridgehead atoms. The molecule has 4 rings (SSSR count). The lowest BCUT2D eigenvalue weighted by molar-refractivity contribution is 0.256. The molecule has 0 spiro atoms. The fraction of sp³-hybridized carbons (Fsp3) is 0.393. The summed E-state index contributed by atoms with van der Waals surface area (Å²) in [6.07, 6.45) is 11.9. The van der Waals surface area contributed by atoms with Crippen LogP contribution in [0, 0.1) is 5.41 Å². The van der Waals surface area contributed by atoms with E-state index in [0.29, 0.717) is 39.9 Å². The Kier molecular flexibility index (Phi) is 8.90. The lowest BCUT2D eigenvalue weighted by Crippen LogP contribution is -2.35. The zero-order chi connectivity index (χ0) is 28.0. The molecular formula is C28H35N7O3S. The third-order valence-electron chi connectivity index (χ3n) is 6.38. The molecule has 206 valence electrons. The Morgan fingerprint density at radius 2 is 1.97 bits per heavy atom. The minimum absolute atomic E-state index is 0.174. The van der Waals surface area contributed by atoms with Crippen LogP contribution in [0.3, 0.4) is 0 Å². The van der Waals surface area contributed by atoms with Gasteiger partial charge in [0.2, 0.25) is 0 Å². The van der Waals surface area contributed by atoms with Gasteiger partial charge in [0.25, 0.3) is 5.56 Å². The van der Waals surface area contributed by atoms with Crippen LogP contribution >= 0.6 is 11.8 Å². The number of nitrogens with two attached hydrogens (primary N) is 1. The number of urea groups is 1. The molecule has 10 nitrogen and oxygen atoms in total. The molecule has 1 saturated carbocycles. The third kappa shape index (κ3) is 7.60. The Morgan fingerprint density at radius 1 is 1.21 bits per heavy atom. The number of allylic oxidation sites excluding steroid dienone is 1. The summed E-state index contributed by atoms with van der Waals surface area (Å²) in [4.78, 5) is 41.2. The van der Waals surface area contributed by atoms with Crippen LogP contribution < -0.4 is 26.7 Å². The average molecular weight is 550 g/mol. The Labute approximate surface area is 232 Å². The normalized spacial score (nSPS) is 15.3. The molecule has 0 unspecified atom stereocenters. The van der Waals surface area contributed by atoms with Gasteiger partial charge >= 0.3 is 6.03 Å². The first kappa shape index (κ1) is 28.2. The maximum absolute atomic E-state index is 13.1. The summed E-state index contributed by atoms with van der Waals surface area (Å²) < 4.78 is 6.05. The number of hydrogen-bond acceptors (Lipinski definition) is 8. The van der Waals surface area contributed by atoms with Crippen molar-refractivity contribution >= 4 is 40.5 Å². The van der Waals surface area contributed by atoms with Crippen molar-refractivity contribution in [2.24, 2.45) is 16.1 Å². The lowest BCUT2D eigenvalue weighted by atomic mass is 9.92. The monoisotopic (exact) mass is 549 g/mol. The summed E-state index contributed by atoms with van der Waals surface area (Å²) in [7, 11) is 0. The highest BCUT2D eigenvalue weighted by Gasteiger charge is 2.18. The van der Waals surface area contributed by atoms with Gasteiger partial charge in [-0.2, -0.15) is 0 Å². The molecule has 2 aromatic heterocycles. The highest BCUT2D eigenvalue weighted by Crippen LogP contribution is 2.33. The SMILES string of the molecule is CSc1cc(Oc2ccnc3[nH]c(=O)cnc23)ccc1NC(=O)NC(/C=C(\N)C(C)(C)C)=NC1CCCCC1. The smallest absolute Gasteiger partial charge is 0.324 e. The number of carbonyl (C=O) groups is 1. The van der Waals surface area contributed by atoms with E-state index >= 15 is 0 Å². The number of nitrogens with one attached hydrogen (secondary N) is 3. The number of fused-ring (bicyclic) bond motifs is 1. The highest BCUT2D eigenvalue weighted by atomic mass is 32.2. The molecule has 39 heavy (non-hydrogen) atoms. The second-order valence-corrected chi connectivity index (χ2v) is 11.3. The van der Waals surface area contributed by atoms with Crippen LogP contribution in [0.5, 0.6) is 11.5 Å². The molecule has 1 aliphatic carbocycles. The van der Waals surface area contributed by atoms with Gasteiger partial charge in [-0.3, -0.25) is 15.1 Å². The molecule has 1 aliphatic rings. The molecule has 1 aromatic carbocycles. The van der Waals surface area contributed by atoms with Crippen LogP contribution in [-0.4, -0.2) is 39.1 Å². The number of amides is 2. The van der Waals surface area contributed by atoms with Gasteiger partial charge in [-0.15, -0.1) is 11.8 Å². The standard InChI is InChI=1S/C28H35N7O3S/c1-28(2,3)22(29)15-23(32-17-8-6-5-7-9-17)34-27(37)33-19-11-10-18(14-21(19)39-4)38-20-12-13-30-26-25(20)31-16-24(36)35-26/h10-17H,5-9,29H2,1-4H3,(H,30,35,36)(H2,32,33,34,37)/b22-15-. The van der Waals surface area contributed by atoms with E-state index in [2.05, 4.69) is 25.6 Å². The predicted octanol–water partition coefficient (Wildman–Crippen LogP) is 5.57. The number of hydrogen-bond donors (Lipinski definition) is 4. The molecule has 1 fully saturated rings. The Bertz CT molecular complexity index is 1450. The first-order chi connectivity index (χ1) is 18.6. The number of pyridine rings is 1. The molecule has 0 atom stereocenters. The maximum atomic E-state index is 13.1. The summed E-state index contributed by atoms with van der Waals surface area (Å²) in [5.41, 5.74) is 7.78. The van der Waals surface area contributed by atoms with Crippen LogP contribution in [0.1, 0.15) is 52.9 Å². The zero-order valence-electron chi connectivity index (χ0n) is 22.7. The van der Waals surface area contributed by atoms with Gasteiger partial charge in [0.1, 0.15) is 17.1 Å².